The summed E-state index contributed by atoms with van der Waals surface area (Å²) in [4.78, 5) is 20.4. The first-order valence-electron chi connectivity index (χ1n) is 6.80. The molecule has 0 saturated carbocycles. The Balaban J connectivity index is 2.06. The van der Waals surface area contributed by atoms with E-state index in [1.807, 2.05) is 18.2 Å². The SMILES string of the molecule is CN1CCCN(c2nc3ccccn3c2C(=O)O)CC1. The van der Waals surface area contributed by atoms with E-state index < -0.39 is 5.97 Å². The Labute approximate surface area is 117 Å². The highest BCUT2D eigenvalue weighted by Gasteiger charge is 2.24. The summed E-state index contributed by atoms with van der Waals surface area (Å²) in [5, 5.41) is 9.51. The average molecular weight is 274 g/mol. The maximum Gasteiger partial charge on any atom is 0.356 e. The summed E-state index contributed by atoms with van der Waals surface area (Å²) in [5.41, 5.74) is 0.933. The zero-order valence-corrected chi connectivity index (χ0v) is 11.5. The third-order valence-corrected chi connectivity index (χ3v) is 3.73. The van der Waals surface area contributed by atoms with Gasteiger partial charge in [0.2, 0.25) is 0 Å². The molecule has 0 unspecified atom stereocenters. The van der Waals surface area contributed by atoms with Gasteiger partial charge in [-0.1, -0.05) is 6.07 Å². The van der Waals surface area contributed by atoms with Gasteiger partial charge in [0.1, 0.15) is 5.65 Å². The number of nitrogens with zero attached hydrogens (tertiary/aromatic N) is 4. The van der Waals surface area contributed by atoms with Crippen LogP contribution in [0.2, 0.25) is 0 Å². The van der Waals surface area contributed by atoms with E-state index in [0.29, 0.717) is 11.5 Å². The predicted molar refractivity (Wildman–Crippen MR) is 76.5 cm³/mol. The van der Waals surface area contributed by atoms with Crippen molar-refractivity contribution in [1.82, 2.24) is 14.3 Å². The van der Waals surface area contributed by atoms with Crippen LogP contribution in [-0.4, -0.2) is 58.6 Å². The van der Waals surface area contributed by atoms with Crippen molar-refractivity contribution >= 4 is 17.4 Å². The number of anilines is 1. The van der Waals surface area contributed by atoms with Gasteiger partial charge in [0, 0.05) is 25.8 Å². The number of hydrogen-bond donors (Lipinski definition) is 1. The van der Waals surface area contributed by atoms with E-state index in [1.54, 1.807) is 10.6 Å². The number of aromatic carboxylic acids is 1. The molecule has 3 rings (SSSR count). The van der Waals surface area contributed by atoms with Crippen molar-refractivity contribution in [1.29, 1.82) is 0 Å². The molecule has 6 heteroatoms. The Morgan fingerprint density at radius 3 is 2.90 bits per heavy atom. The van der Waals surface area contributed by atoms with Crippen LogP contribution < -0.4 is 4.90 Å². The molecule has 6 nitrogen and oxygen atoms in total. The normalized spacial score (nSPS) is 17.4. The fraction of sp³-hybridized carbons (Fsp3) is 0.429. The third-order valence-electron chi connectivity index (χ3n) is 3.73. The second-order valence-corrected chi connectivity index (χ2v) is 5.16. The molecule has 1 saturated heterocycles. The number of carboxylic acid groups (broad SMARTS) is 1. The molecular weight excluding hydrogens is 256 g/mol. The van der Waals surface area contributed by atoms with Gasteiger partial charge in [-0.25, -0.2) is 9.78 Å². The summed E-state index contributed by atoms with van der Waals surface area (Å²) < 4.78 is 1.65. The van der Waals surface area contributed by atoms with Gasteiger partial charge in [0.05, 0.1) is 0 Å². The van der Waals surface area contributed by atoms with E-state index in [2.05, 4.69) is 21.8 Å². The highest BCUT2D eigenvalue weighted by atomic mass is 16.4. The van der Waals surface area contributed by atoms with Crippen LogP contribution in [-0.2, 0) is 0 Å². The Bertz CT molecular complexity index is 637. The lowest BCUT2D eigenvalue weighted by Crippen LogP contribution is -2.30. The van der Waals surface area contributed by atoms with E-state index in [0.717, 1.165) is 32.6 Å². The van der Waals surface area contributed by atoms with Gasteiger partial charge >= 0.3 is 5.97 Å². The molecule has 0 aromatic carbocycles. The van der Waals surface area contributed by atoms with E-state index in [9.17, 15) is 9.90 Å². The van der Waals surface area contributed by atoms with Gasteiger partial charge in [0.15, 0.2) is 11.5 Å². The first kappa shape index (κ1) is 12.9. The Hall–Kier alpha value is -2.08. The van der Waals surface area contributed by atoms with Crippen LogP contribution in [0.3, 0.4) is 0 Å². The molecular formula is C14H18N4O2. The van der Waals surface area contributed by atoms with E-state index in [1.165, 1.54) is 0 Å². The van der Waals surface area contributed by atoms with Gasteiger partial charge in [-0.05, 0) is 32.1 Å². The molecule has 1 N–H and O–H groups in total. The minimum absolute atomic E-state index is 0.255. The van der Waals surface area contributed by atoms with Gasteiger partial charge in [-0.3, -0.25) is 4.40 Å². The molecule has 1 fully saturated rings. The lowest BCUT2D eigenvalue weighted by molar-refractivity contribution is 0.0690. The lowest BCUT2D eigenvalue weighted by atomic mass is 10.3. The number of pyridine rings is 1. The number of hydrogen-bond acceptors (Lipinski definition) is 4. The summed E-state index contributed by atoms with van der Waals surface area (Å²) in [6.07, 6.45) is 2.77. The topological polar surface area (TPSA) is 61.1 Å². The zero-order chi connectivity index (χ0) is 14.1. The largest absolute Gasteiger partial charge is 0.476 e. The molecule has 0 aliphatic carbocycles. The molecule has 20 heavy (non-hydrogen) atoms. The predicted octanol–water partition coefficient (Wildman–Crippen LogP) is 1.17. The van der Waals surface area contributed by atoms with Crippen molar-refractivity contribution in [3.05, 3.63) is 30.1 Å². The molecule has 3 heterocycles. The van der Waals surface area contributed by atoms with Crippen LogP contribution in [0, 0.1) is 0 Å². The Kier molecular flexibility index (Phi) is 3.31. The van der Waals surface area contributed by atoms with Crippen molar-refractivity contribution in [2.75, 3.05) is 38.1 Å². The van der Waals surface area contributed by atoms with Gasteiger partial charge in [0.25, 0.3) is 0 Å². The summed E-state index contributed by atoms with van der Waals surface area (Å²) in [6, 6.07) is 5.52. The maximum atomic E-state index is 11.6. The smallest absolute Gasteiger partial charge is 0.356 e. The van der Waals surface area contributed by atoms with E-state index in [-0.39, 0.29) is 5.69 Å². The quantitative estimate of drug-likeness (QED) is 0.891. The van der Waals surface area contributed by atoms with Gasteiger partial charge < -0.3 is 14.9 Å². The second kappa shape index (κ2) is 5.13. The third kappa shape index (κ3) is 2.22. The van der Waals surface area contributed by atoms with Crippen LogP contribution in [0.1, 0.15) is 16.9 Å². The van der Waals surface area contributed by atoms with Crippen LogP contribution >= 0.6 is 0 Å². The molecule has 0 atom stereocenters. The highest BCUT2D eigenvalue weighted by Crippen LogP contribution is 2.23. The average Bonchev–Trinajstić information content (AvgIpc) is 2.68. The highest BCUT2D eigenvalue weighted by molar-refractivity contribution is 5.93. The maximum absolute atomic E-state index is 11.6. The number of likely N-dealkylation sites (N-methyl/N-ethyl adjacent to an activating group) is 1. The van der Waals surface area contributed by atoms with Crippen molar-refractivity contribution < 1.29 is 9.90 Å². The lowest BCUT2D eigenvalue weighted by Gasteiger charge is -2.20. The number of aromatic nitrogens is 2. The first-order valence-corrected chi connectivity index (χ1v) is 6.80. The number of carbonyl (C=O) groups is 1. The molecule has 0 spiro atoms. The summed E-state index contributed by atoms with van der Waals surface area (Å²) in [5.74, 6) is -0.352. The fourth-order valence-electron chi connectivity index (χ4n) is 2.66. The summed E-state index contributed by atoms with van der Waals surface area (Å²) in [7, 11) is 2.09. The minimum atomic E-state index is -0.934. The molecule has 1 aliphatic rings. The summed E-state index contributed by atoms with van der Waals surface area (Å²) in [6.45, 7) is 3.61. The fourth-order valence-corrected chi connectivity index (χ4v) is 2.66. The molecule has 2 aromatic heterocycles. The van der Waals surface area contributed by atoms with Crippen molar-refractivity contribution in [3.8, 4) is 0 Å². The van der Waals surface area contributed by atoms with E-state index in [4.69, 9.17) is 0 Å². The molecule has 0 bridgehead atoms. The standard InChI is InChI=1S/C14H18N4O2/c1-16-6-4-7-17(10-9-16)13-12(14(19)20)18-8-3-2-5-11(18)15-13/h2-3,5,8H,4,6-7,9-10H2,1H3,(H,19,20). The van der Waals surface area contributed by atoms with Gasteiger partial charge in [-0.15, -0.1) is 0 Å². The number of imidazole rings is 1. The molecule has 0 radical (unpaired) electrons. The summed E-state index contributed by atoms with van der Waals surface area (Å²) >= 11 is 0. The van der Waals surface area contributed by atoms with Crippen LogP contribution in [0.25, 0.3) is 5.65 Å². The van der Waals surface area contributed by atoms with Crippen LogP contribution in [0.15, 0.2) is 24.4 Å². The van der Waals surface area contributed by atoms with E-state index >= 15 is 0 Å². The molecule has 0 amide bonds. The van der Waals surface area contributed by atoms with Crippen molar-refractivity contribution in [2.24, 2.45) is 0 Å². The van der Waals surface area contributed by atoms with Crippen LogP contribution in [0.5, 0.6) is 0 Å². The van der Waals surface area contributed by atoms with Crippen molar-refractivity contribution in [3.63, 3.8) is 0 Å². The second-order valence-electron chi connectivity index (χ2n) is 5.16. The Morgan fingerprint density at radius 1 is 1.25 bits per heavy atom. The van der Waals surface area contributed by atoms with Crippen molar-refractivity contribution in [2.45, 2.75) is 6.42 Å². The number of fused-ring (bicyclic) bond motifs is 1. The Morgan fingerprint density at radius 2 is 2.10 bits per heavy atom. The number of rotatable bonds is 2. The molecule has 106 valence electrons. The first-order chi connectivity index (χ1) is 9.66. The number of carboxylic acids is 1. The minimum Gasteiger partial charge on any atom is -0.476 e. The molecule has 2 aromatic rings. The monoisotopic (exact) mass is 274 g/mol. The van der Waals surface area contributed by atoms with Crippen LogP contribution in [0.4, 0.5) is 5.82 Å². The van der Waals surface area contributed by atoms with Gasteiger partial charge in [-0.2, -0.15) is 0 Å². The molecule has 1 aliphatic heterocycles. The zero-order valence-electron chi connectivity index (χ0n) is 11.5.